The Morgan fingerprint density at radius 1 is 0.593 bits per heavy atom. The number of phenols is 2. The summed E-state index contributed by atoms with van der Waals surface area (Å²) in [5.41, 5.74) is 8.99. The van der Waals surface area contributed by atoms with Crippen LogP contribution in [0.2, 0.25) is 0 Å². The molecule has 1 amide bonds. The molecule has 0 aromatic heterocycles. The molecular formula is C52H69NO6. The minimum Gasteiger partial charge on any atom is -0.507 e. The van der Waals surface area contributed by atoms with Gasteiger partial charge in [0.05, 0.1) is 18.4 Å². The second kappa shape index (κ2) is 16.0. The van der Waals surface area contributed by atoms with E-state index in [0.717, 1.165) is 38.9 Å². The molecule has 1 aliphatic rings. The first kappa shape index (κ1) is 45.3. The summed E-state index contributed by atoms with van der Waals surface area (Å²) in [6.45, 7) is 29.6. The number of aliphatic carboxylic acids is 1. The molecule has 59 heavy (non-hydrogen) atoms. The summed E-state index contributed by atoms with van der Waals surface area (Å²) in [5.74, 6) is -1.42. The maximum Gasteiger partial charge on any atom is 0.307 e. The molecule has 0 heterocycles. The monoisotopic (exact) mass is 804 g/mol. The zero-order valence-corrected chi connectivity index (χ0v) is 38.6. The SMILES string of the molecule is CC(C)Oc1c2cc(C(C)(C)C)cc1C(C(=O)N(C)C)c1cc(C(C)(C)C)cc(c1O)Cc1cc(C(C)(C)C)cc(c1CC(=O)O)Cc1cc(C(C)(C)C)cc(c1O)C2. The lowest BCUT2D eigenvalue weighted by Crippen LogP contribution is -2.30. The topological polar surface area (TPSA) is 107 Å². The van der Waals surface area contributed by atoms with E-state index >= 15 is 0 Å². The predicted octanol–water partition coefficient (Wildman–Crippen LogP) is 11.0. The number of aromatic hydroxyl groups is 2. The van der Waals surface area contributed by atoms with Gasteiger partial charge in [0.15, 0.2) is 0 Å². The molecule has 7 heteroatoms. The van der Waals surface area contributed by atoms with Crippen molar-refractivity contribution in [1.82, 2.24) is 4.90 Å². The van der Waals surface area contributed by atoms with Crippen molar-refractivity contribution in [2.45, 2.75) is 156 Å². The van der Waals surface area contributed by atoms with Gasteiger partial charge in [-0.3, -0.25) is 9.59 Å². The van der Waals surface area contributed by atoms with Gasteiger partial charge < -0.3 is 25.0 Å². The second-order valence-electron chi connectivity index (χ2n) is 21.5. The number of ether oxygens (including phenoxy) is 1. The Balaban J connectivity index is 2.09. The highest BCUT2D eigenvalue weighted by molar-refractivity contribution is 5.89. The van der Waals surface area contributed by atoms with Gasteiger partial charge in [0.1, 0.15) is 17.2 Å². The van der Waals surface area contributed by atoms with E-state index < -0.39 is 11.9 Å². The van der Waals surface area contributed by atoms with E-state index in [1.165, 1.54) is 0 Å². The van der Waals surface area contributed by atoms with E-state index in [1.54, 1.807) is 19.0 Å². The number of rotatable bonds is 5. The van der Waals surface area contributed by atoms with Crippen molar-refractivity contribution >= 4 is 11.9 Å². The van der Waals surface area contributed by atoms with Crippen LogP contribution in [0.15, 0.2) is 48.5 Å². The first-order chi connectivity index (χ1) is 27.0. The molecule has 318 valence electrons. The number of amides is 1. The number of hydrogen-bond donors (Lipinski definition) is 3. The van der Waals surface area contributed by atoms with E-state index in [1.807, 2.05) is 26.0 Å². The third-order valence-corrected chi connectivity index (χ3v) is 11.7. The molecule has 4 aromatic rings. The van der Waals surface area contributed by atoms with Gasteiger partial charge in [0.25, 0.3) is 0 Å². The molecule has 0 fully saturated rings. The Hall–Kier alpha value is -4.78. The number of carbonyl (C=O) groups is 2. The van der Waals surface area contributed by atoms with Gasteiger partial charge in [-0.25, -0.2) is 0 Å². The lowest BCUT2D eigenvalue weighted by Gasteiger charge is -2.32. The molecule has 1 atom stereocenters. The van der Waals surface area contributed by atoms with Crippen LogP contribution >= 0.6 is 0 Å². The van der Waals surface area contributed by atoms with Crippen molar-refractivity contribution in [3.63, 3.8) is 0 Å². The molecule has 0 saturated carbocycles. The minimum atomic E-state index is -0.964. The second-order valence-corrected chi connectivity index (χ2v) is 21.5. The minimum absolute atomic E-state index is 0.00479. The Kier molecular flexibility index (Phi) is 12.3. The zero-order valence-electron chi connectivity index (χ0n) is 38.6. The number of carboxylic acids is 1. The van der Waals surface area contributed by atoms with Gasteiger partial charge in [-0.15, -0.1) is 0 Å². The predicted molar refractivity (Wildman–Crippen MR) is 240 cm³/mol. The maximum absolute atomic E-state index is 14.9. The van der Waals surface area contributed by atoms with Crippen LogP contribution in [0.3, 0.4) is 0 Å². The third-order valence-electron chi connectivity index (χ3n) is 11.7. The lowest BCUT2D eigenvalue weighted by atomic mass is 9.76. The molecule has 0 radical (unpaired) electrons. The number of hydrogen-bond acceptors (Lipinski definition) is 5. The highest BCUT2D eigenvalue weighted by Crippen LogP contribution is 2.47. The smallest absolute Gasteiger partial charge is 0.307 e. The largest absolute Gasteiger partial charge is 0.507 e. The summed E-state index contributed by atoms with van der Waals surface area (Å²) < 4.78 is 6.81. The Labute approximate surface area is 353 Å². The number of carboxylic acid groups (broad SMARTS) is 1. The number of phenolic OH excluding ortho intramolecular Hbond substituents is 2. The molecule has 5 rings (SSSR count). The summed E-state index contributed by atoms with van der Waals surface area (Å²) >= 11 is 0. The molecule has 0 saturated heterocycles. The van der Waals surface area contributed by atoms with E-state index in [-0.39, 0.29) is 58.0 Å². The number of likely N-dealkylation sites (N-methyl/N-ethyl adjacent to an activating group) is 1. The molecular weight excluding hydrogens is 735 g/mol. The standard InChI is InChI=1S/C52H69NO6/c1-29(2)59-47-35-19-33-23-37(50(6,7)8)22-32(45(33)56)17-30-20-36(49(3,4)5)21-31(40(30)28-43(54)55)18-34-24-38(51(9,10)11)26-41(46(34)57)44(48(58)53(15)16)42(47)27-39(25-35)52(12,13)14/h20-27,29,44,56-57H,17-19,28H2,1-16H3,(H,54,55). The quantitative estimate of drug-likeness (QED) is 0.185. The summed E-state index contributed by atoms with van der Waals surface area (Å²) in [7, 11) is 3.47. The van der Waals surface area contributed by atoms with Crippen LogP contribution in [0.4, 0.5) is 0 Å². The number of benzene rings is 4. The molecule has 1 aliphatic carbocycles. The summed E-state index contributed by atoms with van der Waals surface area (Å²) in [6.07, 6.45) is 0.362. The van der Waals surface area contributed by atoms with E-state index in [0.29, 0.717) is 52.0 Å². The van der Waals surface area contributed by atoms with Crippen LogP contribution in [0.5, 0.6) is 17.2 Å². The van der Waals surface area contributed by atoms with Gasteiger partial charge >= 0.3 is 5.97 Å². The molecule has 7 nitrogen and oxygen atoms in total. The maximum atomic E-state index is 14.9. The average molecular weight is 804 g/mol. The Bertz CT molecular complexity index is 2270. The Morgan fingerprint density at radius 3 is 1.34 bits per heavy atom. The van der Waals surface area contributed by atoms with Crippen LogP contribution in [-0.4, -0.2) is 52.3 Å². The van der Waals surface area contributed by atoms with Crippen LogP contribution < -0.4 is 4.74 Å². The van der Waals surface area contributed by atoms with Crippen LogP contribution in [0.1, 0.15) is 175 Å². The van der Waals surface area contributed by atoms with E-state index in [9.17, 15) is 24.9 Å². The van der Waals surface area contributed by atoms with Crippen LogP contribution in [-0.2, 0) is 56.9 Å². The van der Waals surface area contributed by atoms with Gasteiger partial charge in [-0.2, -0.15) is 0 Å². The van der Waals surface area contributed by atoms with Crippen LogP contribution in [0, 0.1) is 0 Å². The van der Waals surface area contributed by atoms with Crippen molar-refractivity contribution in [2.75, 3.05) is 14.1 Å². The average Bonchev–Trinajstić information content (AvgIpc) is 3.07. The van der Waals surface area contributed by atoms with Gasteiger partial charge in [0.2, 0.25) is 5.91 Å². The molecule has 4 aromatic carbocycles. The first-order valence-electron chi connectivity index (χ1n) is 21.1. The highest BCUT2D eigenvalue weighted by atomic mass is 16.5. The van der Waals surface area contributed by atoms with Crippen molar-refractivity contribution in [3.8, 4) is 17.2 Å². The summed E-state index contributed by atoms with van der Waals surface area (Å²) in [4.78, 5) is 29.3. The fraction of sp³-hybridized carbons (Fsp3) is 0.500. The molecule has 3 N–H and O–H groups in total. The first-order valence-corrected chi connectivity index (χ1v) is 21.1. The molecule has 0 spiro atoms. The fourth-order valence-electron chi connectivity index (χ4n) is 8.07. The molecule has 8 bridgehead atoms. The number of carbonyl (C=O) groups excluding carboxylic acids is 1. The summed E-state index contributed by atoms with van der Waals surface area (Å²) in [6, 6.07) is 16.5. The highest BCUT2D eigenvalue weighted by Gasteiger charge is 2.36. The molecule has 0 aliphatic heterocycles. The number of fused-ring (bicyclic) bond motifs is 8. The van der Waals surface area contributed by atoms with E-state index in [4.69, 9.17) is 4.74 Å². The van der Waals surface area contributed by atoms with E-state index in [2.05, 4.69) is 119 Å². The van der Waals surface area contributed by atoms with Crippen molar-refractivity contribution < 1.29 is 29.6 Å². The van der Waals surface area contributed by atoms with Crippen molar-refractivity contribution in [3.05, 3.63) is 121 Å². The van der Waals surface area contributed by atoms with Crippen LogP contribution in [0.25, 0.3) is 0 Å². The normalized spacial score (nSPS) is 15.0. The van der Waals surface area contributed by atoms with Crippen molar-refractivity contribution in [2.24, 2.45) is 0 Å². The van der Waals surface area contributed by atoms with Gasteiger partial charge in [-0.1, -0.05) is 132 Å². The van der Waals surface area contributed by atoms with Crippen molar-refractivity contribution in [1.29, 1.82) is 0 Å². The third kappa shape index (κ3) is 9.82. The lowest BCUT2D eigenvalue weighted by molar-refractivity contribution is -0.136. The Morgan fingerprint density at radius 2 is 0.949 bits per heavy atom. The van der Waals surface area contributed by atoms with Gasteiger partial charge in [-0.05, 0) is 96.7 Å². The fourth-order valence-corrected chi connectivity index (χ4v) is 8.07. The van der Waals surface area contributed by atoms with Gasteiger partial charge in [0, 0.05) is 44.5 Å². The number of nitrogens with zero attached hydrogens (tertiary/aromatic N) is 1. The summed E-state index contributed by atoms with van der Waals surface area (Å²) in [5, 5.41) is 35.6. The molecule has 1 unspecified atom stereocenters. The zero-order chi connectivity index (χ0) is 44.3.